The number of carbonyl (C=O) groups excluding carboxylic acids is 1. The van der Waals surface area contributed by atoms with E-state index in [1.165, 1.54) is 4.31 Å². The summed E-state index contributed by atoms with van der Waals surface area (Å²) in [6.45, 7) is 4.97. The molecule has 2 aliphatic rings. The zero-order valence-corrected chi connectivity index (χ0v) is 22.4. The van der Waals surface area contributed by atoms with Crippen LogP contribution < -0.4 is 15.1 Å². The van der Waals surface area contributed by atoms with Crippen molar-refractivity contribution < 1.29 is 23.2 Å². The summed E-state index contributed by atoms with van der Waals surface area (Å²) in [5.41, 5.74) is 2.62. The average molecular weight is 528 g/mol. The maximum Gasteiger partial charge on any atom is 0.266 e. The van der Waals surface area contributed by atoms with E-state index < -0.39 is 20.7 Å². The van der Waals surface area contributed by atoms with E-state index in [0.29, 0.717) is 37.9 Å². The van der Waals surface area contributed by atoms with Crippen LogP contribution in [0.15, 0.2) is 24.3 Å². The van der Waals surface area contributed by atoms with Gasteiger partial charge in [-0.1, -0.05) is 13.3 Å². The Bertz CT molecular complexity index is 971. The number of hydrogen-bond acceptors (Lipinski definition) is 7. The monoisotopic (exact) mass is 527 g/mol. The van der Waals surface area contributed by atoms with Crippen molar-refractivity contribution in [3.63, 3.8) is 0 Å². The molecule has 1 aromatic rings. The van der Waals surface area contributed by atoms with E-state index in [-0.39, 0.29) is 25.9 Å². The maximum absolute atomic E-state index is 13.7. The van der Waals surface area contributed by atoms with Gasteiger partial charge in [0.1, 0.15) is 5.75 Å². The van der Waals surface area contributed by atoms with Crippen LogP contribution in [0.3, 0.4) is 0 Å². The number of amides is 1. The van der Waals surface area contributed by atoms with Gasteiger partial charge in [0.25, 0.3) is 5.91 Å². The number of rotatable bonds is 8. The highest BCUT2D eigenvalue weighted by atomic mass is 32.2. The fourth-order valence-corrected chi connectivity index (χ4v) is 6.87. The molecule has 0 unspecified atom stereocenters. The minimum atomic E-state index is -4.02. The number of nitrogens with one attached hydrogen (secondary N) is 1. The number of likely N-dealkylation sites (tertiary alicyclic amines) is 1. The summed E-state index contributed by atoms with van der Waals surface area (Å²) < 4.78 is 32.9. The molecule has 196 valence electrons. The second-order valence-corrected chi connectivity index (χ2v) is 11.8. The van der Waals surface area contributed by atoms with E-state index in [4.69, 9.17) is 17.0 Å². The van der Waals surface area contributed by atoms with Gasteiger partial charge in [-0.2, -0.15) is 4.31 Å². The SMILES string of the molecule is CCCCOc1ccc(N2CCN(S(=O)(=O)C3(C(=O)NO)CCN(C(=S)N(C)C)CC3)CC2)cc1. The van der Waals surface area contributed by atoms with E-state index >= 15 is 0 Å². The molecule has 2 aliphatic heterocycles. The molecule has 3 rings (SSSR count). The molecule has 0 spiro atoms. The molecule has 2 fully saturated rings. The third-order valence-corrected chi connectivity index (χ3v) is 10.0. The van der Waals surface area contributed by atoms with Gasteiger partial charge in [0.15, 0.2) is 9.86 Å². The third-order valence-electron chi connectivity index (χ3n) is 6.78. The number of piperidine rings is 1. The van der Waals surface area contributed by atoms with Gasteiger partial charge >= 0.3 is 0 Å². The first-order valence-corrected chi connectivity index (χ1v) is 13.9. The Morgan fingerprint density at radius 3 is 2.23 bits per heavy atom. The van der Waals surface area contributed by atoms with Crippen molar-refractivity contribution >= 4 is 38.9 Å². The first-order valence-electron chi connectivity index (χ1n) is 12.0. The summed E-state index contributed by atoms with van der Waals surface area (Å²) in [5.74, 6) is -0.0607. The van der Waals surface area contributed by atoms with Gasteiger partial charge in [0.05, 0.1) is 6.61 Å². The van der Waals surface area contributed by atoms with Crippen LogP contribution in [0.4, 0.5) is 5.69 Å². The van der Waals surface area contributed by atoms with Crippen LogP contribution in [-0.2, 0) is 14.8 Å². The summed E-state index contributed by atoms with van der Waals surface area (Å²) in [5, 5.41) is 10.0. The van der Waals surface area contributed by atoms with Crippen LogP contribution in [0.25, 0.3) is 0 Å². The van der Waals surface area contributed by atoms with Crippen LogP contribution in [0.5, 0.6) is 5.75 Å². The first kappa shape index (κ1) is 27.4. The topological polar surface area (TPSA) is 106 Å². The second kappa shape index (κ2) is 11.7. The Morgan fingerprint density at radius 1 is 1.11 bits per heavy atom. The lowest BCUT2D eigenvalue weighted by Crippen LogP contribution is -2.64. The standard InChI is InChI=1S/C23H37N5O5S2/c1-4-5-18-33-20-8-6-19(7-9-20)26-14-16-28(17-15-26)35(31,32)23(21(29)24-30)10-12-27(13-11-23)22(34)25(2)3/h6-9,30H,4-5,10-18H2,1-3H3,(H,24,29). The number of unbranched alkanes of at least 4 members (excludes halogenated alkanes) is 1. The smallest absolute Gasteiger partial charge is 0.266 e. The highest BCUT2D eigenvalue weighted by molar-refractivity contribution is 7.91. The number of benzene rings is 1. The van der Waals surface area contributed by atoms with Crippen LogP contribution in [0.2, 0.25) is 0 Å². The zero-order valence-electron chi connectivity index (χ0n) is 20.8. The minimum Gasteiger partial charge on any atom is -0.494 e. The number of sulfonamides is 1. The third kappa shape index (κ3) is 5.82. The van der Waals surface area contributed by atoms with Gasteiger partial charge in [-0.05, 0) is 55.7 Å². The predicted octanol–water partition coefficient (Wildman–Crippen LogP) is 1.50. The average Bonchev–Trinajstić information content (AvgIpc) is 2.88. The molecule has 35 heavy (non-hydrogen) atoms. The summed E-state index contributed by atoms with van der Waals surface area (Å²) in [4.78, 5) is 18.5. The molecular weight excluding hydrogens is 490 g/mol. The van der Waals surface area contributed by atoms with Crippen molar-refractivity contribution in [3.05, 3.63) is 24.3 Å². The highest BCUT2D eigenvalue weighted by Crippen LogP contribution is 2.35. The second-order valence-electron chi connectivity index (χ2n) is 9.19. The molecule has 2 saturated heterocycles. The molecule has 0 aromatic heterocycles. The van der Waals surface area contributed by atoms with Crippen LogP contribution in [0, 0.1) is 0 Å². The van der Waals surface area contributed by atoms with E-state index in [1.54, 1.807) is 10.4 Å². The van der Waals surface area contributed by atoms with Gasteiger partial charge in [0, 0.05) is 59.1 Å². The quantitative estimate of drug-likeness (QED) is 0.225. The zero-order chi connectivity index (χ0) is 25.6. The van der Waals surface area contributed by atoms with Crippen molar-refractivity contribution in [2.24, 2.45) is 0 Å². The van der Waals surface area contributed by atoms with Gasteiger partial charge in [0.2, 0.25) is 10.0 Å². The van der Waals surface area contributed by atoms with E-state index in [2.05, 4.69) is 11.8 Å². The minimum absolute atomic E-state index is 0.0510. The Labute approximate surface area is 213 Å². The number of thiocarbonyl (C=S) groups is 1. The first-order chi connectivity index (χ1) is 16.7. The number of anilines is 1. The highest BCUT2D eigenvalue weighted by Gasteiger charge is 2.55. The Kier molecular flexibility index (Phi) is 9.19. The molecule has 10 nitrogen and oxygen atoms in total. The van der Waals surface area contributed by atoms with Gasteiger partial charge < -0.3 is 19.4 Å². The number of nitrogens with zero attached hydrogens (tertiary/aromatic N) is 4. The molecule has 12 heteroatoms. The van der Waals surface area contributed by atoms with E-state index in [9.17, 15) is 18.4 Å². The van der Waals surface area contributed by atoms with Crippen molar-refractivity contribution in [2.45, 2.75) is 37.4 Å². The molecule has 0 bridgehead atoms. The molecule has 2 heterocycles. The van der Waals surface area contributed by atoms with Crippen molar-refractivity contribution in [3.8, 4) is 5.75 Å². The fraction of sp³-hybridized carbons (Fsp3) is 0.652. The summed E-state index contributed by atoms with van der Waals surface area (Å²) >= 11 is 5.41. The number of hydrogen-bond donors (Lipinski definition) is 2. The van der Waals surface area contributed by atoms with Crippen LogP contribution >= 0.6 is 12.2 Å². The molecule has 0 aliphatic carbocycles. The van der Waals surface area contributed by atoms with Crippen molar-refractivity contribution in [1.82, 2.24) is 19.6 Å². The fourth-order valence-electron chi connectivity index (χ4n) is 4.57. The lowest BCUT2D eigenvalue weighted by atomic mass is 9.95. The van der Waals surface area contributed by atoms with E-state index in [1.807, 2.05) is 43.3 Å². The number of hydroxylamine groups is 1. The Hall–Kier alpha value is -2.15. The van der Waals surface area contributed by atoms with Gasteiger partial charge in [-0.15, -0.1) is 0 Å². The molecule has 1 aromatic carbocycles. The largest absolute Gasteiger partial charge is 0.494 e. The predicted molar refractivity (Wildman–Crippen MR) is 139 cm³/mol. The van der Waals surface area contributed by atoms with Crippen molar-refractivity contribution in [1.29, 1.82) is 0 Å². The summed E-state index contributed by atoms with van der Waals surface area (Å²) in [6, 6.07) is 7.83. The molecule has 0 radical (unpaired) electrons. The lowest BCUT2D eigenvalue weighted by Gasteiger charge is -2.45. The maximum atomic E-state index is 13.7. The molecule has 0 atom stereocenters. The number of carbonyl (C=O) groups is 1. The number of piperazine rings is 1. The Balaban J connectivity index is 1.67. The van der Waals surface area contributed by atoms with E-state index in [0.717, 1.165) is 24.3 Å². The lowest BCUT2D eigenvalue weighted by molar-refractivity contribution is -0.133. The molecular formula is C23H37N5O5S2. The van der Waals surface area contributed by atoms with Gasteiger partial charge in [-0.25, -0.2) is 13.9 Å². The summed E-state index contributed by atoms with van der Waals surface area (Å²) in [6.07, 6.45) is 2.19. The van der Waals surface area contributed by atoms with Crippen LogP contribution in [0.1, 0.15) is 32.6 Å². The Morgan fingerprint density at radius 2 is 1.71 bits per heavy atom. The normalized spacial score (nSPS) is 18.7. The molecule has 0 saturated carbocycles. The molecule has 2 N–H and O–H groups in total. The van der Waals surface area contributed by atoms with Crippen LogP contribution in [-0.4, -0.2) is 103 Å². The summed E-state index contributed by atoms with van der Waals surface area (Å²) in [7, 11) is -0.367. The number of ether oxygens (including phenoxy) is 1. The van der Waals surface area contributed by atoms with Crippen molar-refractivity contribution in [2.75, 3.05) is 64.9 Å². The molecule has 1 amide bonds. The van der Waals surface area contributed by atoms with Gasteiger partial charge in [-0.3, -0.25) is 10.0 Å².